The summed E-state index contributed by atoms with van der Waals surface area (Å²) in [5.74, 6) is 0. The molecule has 1 heterocycles. The molecule has 1 saturated heterocycles. The largest absolute Gasteiger partial charge is 0.377 e. The highest BCUT2D eigenvalue weighted by Crippen LogP contribution is 2.13. The summed E-state index contributed by atoms with van der Waals surface area (Å²) in [4.78, 5) is 2.40. The van der Waals surface area contributed by atoms with E-state index in [1.54, 1.807) is 0 Å². The summed E-state index contributed by atoms with van der Waals surface area (Å²) in [6.45, 7) is 11.0. The van der Waals surface area contributed by atoms with E-state index in [-0.39, 0.29) is 5.54 Å². The lowest BCUT2D eigenvalue weighted by molar-refractivity contribution is -0.00156. The zero-order valence-electron chi connectivity index (χ0n) is 12.1. The van der Waals surface area contributed by atoms with E-state index in [1.807, 2.05) is 0 Å². The summed E-state index contributed by atoms with van der Waals surface area (Å²) >= 11 is 0. The molecular formula is C14H30N2O. The van der Waals surface area contributed by atoms with E-state index in [0.717, 1.165) is 26.2 Å². The highest BCUT2D eigenvalue weighted by atomic mass is 16.5. The van der Waals surface area contributed by atoms with Crippen LogP contribution in [0.1, 0.15) is 46.5 Å². The predicted molar refractivity (Wildman–Crippen MR) is 73.5 cm³/mol. The molecule has 0 radical (unpaired) electrons. The van der Waals surface area contributed by atoms with Gasteiger partial charge in [-0.25, -0.2) is 0 Å². The van der Waals surface area contributed by atoms with Gasteiger partial charge in [-0.2, -0.15) is 0 Å². The third kappa shape index (κ3) is 7.74. The Hall–Kier alpha value is -0.120. The van der Waals surface area contributed by atoms with Gasteiger partial charge in [-0.05, 0) is 66.6 Å². The highest BCUT2D eigenvalue weighted by Gasteiger charge is 2.15. The minimum Gasteiger partial charge on any atom is -0.377 e. The van der Waals surface area contributed by atoms with E-state index in [4.69, 9.17) is 4.74 Å². The fourth-order valence-corrected chi connectivity index (χ4v) is 2.20. The van der Waals surface area contributed by atoms with Gasteiger partial charge in [-0.1, -0.05) is 0 Å². The van der Waals surface area contributed by atoms with E-state index >= 15 is 0 Å². The van der Waals surface area contributed by atoms with Gasteiger partial charge < -0.3 is 15.0 Å². The van der Waals surface area contributed by atoms with Gasteiger partial charge in [0.25, 0.3) is 0 Å². The lowest BCUT2D eigenvalue weighted by Gasteiger charge is -2.28. The molecule has 0 aliphatic carbocycles. The first-order chi connectivity index (χ1) is 7.97. The first kappa shape index (κ1) is 14.9. The molecule has 1 rings (SSSR count). The van der Waals surface area contributed by atoms with Crippen LogP contribution in [0.2, 0.25) is 0 Å². The first-order valence-electron chi connectivity index (χ1n) is 7.02. The van der Waals surface area contributed by atoms with Crippen LogP contribution in [0.25, 0.3) is 0 Å². The third-order valence-electron chi connectivity index (χ3n) is 3.16. The molecule has 0 aromatic heterocycles. The highest BCUT2D eigenvalue weighted by molar-refractivity contribution is 4.71. The Balaban J connectivity index is 2.02. The van der Waals surface area contributed by atoms with Gasteiger partial charge in [0.05, 0.1) is 6.10 Å². The molecule has 1 unspecified atom stereocenters. The van der Waals surface area contributed by atoms with Crippen LogP contribution >= 0.6 is 0 Å². The predicted octanol–water partition coefficient (Wildman–Crippen LogP) is 2.27. The van der Waals surface area contributed by atoms with Crippen LogP contribution in [0, 0.1) is 0 Å². The minimum atomic E-state index is 0.241. The molecule has 0 bridgehead atoms. The maximum Gasteiger partial charge on any atom is 0.0701 e. The summed E-state index contributed by atoms with van der Waals surface area (Å²) in [5.41, 5.74) is 0.241. The standard InChI is InChI=1S/C14H30N2O/c1-14(2,3)15-9-7-10-16(4)12-13-8-5-6-11-17-13/h13,15H,5-12H2,1-4H3. The molecule has 1 atom stereocenters. The maximum atomic E-state index is 5.75. The average Bonchev–Trinajstić information content (AvgIpc) is 2.25. The SMILES string of the molecule is CN(CCCNC(C)(C)C)CC1CCCCO1. The lowest BCUT2D eigenvalue weighted by atomic mass is 10.1. The van der Waals surface area contributed by atoms with Crippen LogP contribution in [-0.4, -0.2) is 49.8 Å². The number of rotatable bonds is 6. The van der Waals surface area contributed by atoms with Gasteiger partial charge in [0.15, 0.2) is 0 Å². The molecule has 0 amide bonds. The van der Waals surface area contributed by atoms with Crippen molar-refractivity contribution >= 4 is 0 Å². The van der Waals surface area contributed by atoms with E-state index in [0.29, 0.717) is 6.10 Å². The Morgan fingerprint density at radius 1 is 1.29 bits per heavy atom. The summed E-state index contributed by atoms with van der Waals surface area (Å²) in [5, 5.41) is 3.52. The fourth-order valence-electron chi connectivity index (χ4n) is 2.20. The van der Waals surface area contributed by atoms with E-state index in [2.05, 4.69) is 38.0 Å². The second-order valence-corrected chi connectivity index (χ2v) is 6.28. The summed E-state index contributed by atoms with van der Waals surface area (Å²) in [6, 6.07) is 0. The van der Waals surface area contributed by atoms with Crippen molar-refractivity contribution in [2.45, 2.75) is 58.1 Å². The van der Waals surface area contributed by atoms with E-state index in [1.165, 1.54) is 25.7 Å². The van der Waals surface area contributed by atoms with Gasteiger partial charge in [-0.15, -0.1) is 0 Å². The van der Waals surface area contributed by atoms with Gasteiger partial charge in [0, 0.05) is 18.7 Å². The van der Waals surface area contributed by atoms with Crippen LogP contribution in [0.15, 0.2) is 0 Å². The summed E-state index contributed by atoms with van der Waals surface area (Å²) in [7, 11) is 2.20. The Labute approximate surface area is 107 Å². The molecule has 0 spiro atoms. The second kappa shape index (κ2) is 7.34. The van der Waals surface area contributed by atoms with Crippen molar-refractivity contribution in [3.8, 4) is 0 Å². The van der Waals surface area contributed by atoms with Crippen molar-refractivity contribution < 1.29 is 4.74 Å². The molecule has 0 saturated carbocycles. The molecule has 1 N–H and O–H groups in total. The molecular weight excluding hydrogens is 212 g/mol. The number of ether oxygens (including phenoxy) is 1. The van der Waals surface area contributed by atoms with Crippen molar-refractivity contribution in [2.24, 2.45) is 0 Å². The lowest BCUT2D eigenvalue weighted by Crippen LogP contribution is -2.38. The number of hydrogen-bond acceptors (Lipinski definition) is 3. The van der Waals surface area contributed by atoms with Crippen LogP contribution in [0.3, 0.4) is 0 Å². The van der Waals surface area contributed by atoms with Crippen LogP contribution in [-0.2, 0) is 4.74 Å². The monoisotopic (exact) mass is 242 g/mol. The van der Waals surface area contributed by atoms with Crippen molar-refractivity contribution in [2.75, 3.05) is 33.3 Å². The molecule has 0 aromatic carbocycles. The van der Waals surface area contributed by atoms with Crippen LogP contribution in [0.4, 0.5) is 0 Å². The normalized spacial score (nSPS) is 22.1. The van der Waals surface area contributed by atoms with Crippen molar-refractivity contribution in [1.82, 2.24) is 10.2 Å². The molecule has 1 fully saturated rings. The van der Waals surface area contributed by atoms with Crippen molar-refractivity contribution in [1.29, 1.82) is 0 Å². The number of likely N-dealkylation sites (N-methyl/N-ethyl adjacent to an activating group) is 1. The van der Waals surface area contributed by atoms with Gasteiger partial charge >= 0.3 is 0 Å². The molecule has 1 aliphatic rings. The Morgan fingerprint density at radius 2 is 2.06 bits per heavy atom. The Morgan fingerprint density at radius 3 is 2.65 bits per heavy atom. The third-order valence-corrected chi connectivity index (χ3v) is 3.16. The topological polar surface area (TPSA) is 24.5 Å². The molecule has 1 aliphatic heterocycles. The molecule has 3 nitrogen and oxygen atoms in total. The van der Waals surface area contributed by atoms with Gasteiger partial charge in [-0.3, -0.25) is 0 Å². The van der Waals surface area contributed by atoms with Gasteiger partial charge in [0.1, 0.15) is 0 Å². The average molecular weight is 242 g/mol. The number of nitrogens with zero attached hydrogens (tertiary/aromatic N) is 1. The quantitative estimate of drug-likeness (QED) is 0.723. The van der Waals surface area contributed by atoms with Crippen molar-refractivity contribution in [3.63, 3.8) is 0 Å². The van der Waals surface area contributed by atoms with Crippen molar-refractivity contribution in [3.05, 3.63) is 0 Å². The zero-order valence-corrected chi connectivity index (χ0v) is 12.1. The first-order valence-corrected chi connectivity index (χ1v) is 7.02. The fraction of sp³-hybridized carbons (Fsp3) is 1.00. The Bertz CT molecular complexity index is 195. The minimum absolute atomic E-state index is 0.241. The summed E-state index contributed by atoms with van der Waals surface area (Å²) < 4.78 is 5.75. The smallest absolute Gasteiger partial charge is 0.0701 e. The van der Waals surface area contributed by atoms with Crippen LogP contribution in [0.5, 0.6) is 0 Å². The number of hydrogen-bond donors (Lipinski definition) is 1. The van der Waals surface area contributed by atoms with Gasteiger partial charge in [0.2, 0.25) is 0 Å². The second-order valence-electron chi connectivity index (χ2n) is 6.28. The van der Waals surface area contributed by atoms with Crippen LogP contribution < -0.4 is 5.32 Å². The molecule has 17 heavy (non-hydrogen) atoms. The number of nitrogens with one attached hydrogen (secondary N) is 1. The van der Waals surface area contributed by atoms with E-state index < -0.39 is 0 Å². The van der Waals surface area contributed by atoms with E-state index in [9.17, 15) is 0 Å². The molecule has 102 valence electrons. The maximum absolute atomic E-state index is 5.75. The Kier molecular flexibility index (Phi) is 6.45. The molecule has 3 heteroatoms. The zero-order chi connectivity index (χ0) is 12.7. The molecule has 0 aromatic rings. The summed E-state index contributed by atoms with van der Waals surface area (Å²) in [6.07, 6.45) is 5.51.